The summed E-state index contributed by atoms with van der Waals surface area (Å²) in [6.07, 6.45) is 0. The Morgan fingerprint density at radius 3 is 2.55 bits per heavy atom. The molecule has 2 aliphatic rings. The summed E-state index contributed by atoms with van der Waals surface area (Å²) < 4.78 is 34.8. The molecule has 0 bridgehead atoms. The number of methoxy groups -OCH3 is 2. The Morgan fingerprint density at radius 2 is 2.00 bits per heavy atom. The molecule has 1 aromatic rings. The molecule has 1 saturated heterocycles. The average molecular weight is 326 g/mol. The zero-order valence-electron chi connectivity index (χ0n) is 11.7. The molecule has 0 unspecified atom stereocenters. The summed E-state index contributed by atoms with van der Waals surface area (Å²) in [5, 5.41) is 9.86. The second-order valence-electron chi connectivity index (χ2n) is 4.99. The molecular weight excluding hydrogens is 314 g/mol. The van der Waals surface area contributed by atoms with E-state index >= 15 is 0 Å². The molecule has 0 saturated carbocycles. The molecule has 1 amide bonds. The van der Waals surface area contributed by atoms with Crippen LogP contribution < -0.4 is 14.6 Å². The summed E-state index contributed by atoms with van der Waals surface area (Å²) in [5.41, 5.74) is 0.216. The third kappa shape index (κ3) is 1.71. The number of rotatable bonds is 3. The Balaban J connectivity index is 2.26. The van der Waals surface area contributed by atoms with Crippen molar-refractivity contribution in [3.05, 3.63) is 23.3 Å². The molecule has 1 fully saturated rings. The molecule has 0 aliphatic carbocycles. The number of amides is 1. The third-order valence-electron chi connectivity index (χ3n) is 3.88. The highest BCUT2D eigenvalue weighted by Crippen LogP contribution is 2.49. The molecule has 9 heteroatoms. The van der Waals surface area contributed by atoms with E-state index < -0.39 is 38.9 Å². The normalized spacial score (nSPS) is 24.8. The molecule has 2 heterocycles. The fourth-order valence-corrected chi connectivity index (χ4v) is 5.09. The number of carbonyl (C=O) groups excluding carboxylic acids is 2. The van der Waals surface area contributed by atoms with Crippen LogP contribution in [0.1, 0.15) is 21.3 Å². The van der Waals surface area contributed by atoms with Crippen LogP contribution in [0.25, 0.3) is 0 Å². The summed E-state index contributed by atoms with van der Waals surface area (Å²) in [6, 6.07) is 1.41. The monoisotopic (exact) mass is 326 g/mol. The highest BCUT2D eigenvalue weighted by atomic mass is 32.2. The van der Waals surface area contributed by atoms with Gasteiger partial charge in [0.1, 0.15) is 0 Å². The van der Waals surface area contributed by atoms with Crippen molar-refractivity contribution in [1.82, 2.24) is 4.90 Å². The molecule has 1 aromatic carbocycles. The summed E-state index contributed by atoms with van der Waals surface area (Å²) in [7, 11) is -1.12. The lowest BCUT2D eigenvalue weighted by Crippen LogP contribution is -2.47. The maximum Gasteiger partial charge on any atom is 0.260 e. The summed E-state index contributed by atoms with van der Waals surface area (Å²) in [6.45, 7) is 0. The average Bonchev–Trinajstić information content (AvgIpc) is 2.92. The number of sulfone groups is 1. The number of hydrogen-bond acceptors (Lipinski definition) is 7. The molecule has 0 spiro atoms. The van der Waals surface area contributed by atoms with Gasteiger partial charge >= 0.3 is 0 Å². The predicted molar refractivity (Wildman–Crippen MR) is 71.0 cm³/mol. The van der Waals surface area contributed by atoms with E-state index in [2.05, 4.69) is 0 Å². The van der Waals surface area contributed by atoms with E-state index in [4.69, 9.17) is 9.47 Å². The van der Waals surface area contributed by atoms with Crippen molar-refractivity contribution in [3.8, 4) is 11.5 Å². The van der Waals surface area contributed by atoms with E-state index in [-0.39, 0.29) is 22.6 Å². The number of carboxylic acid groups (broad SMARTS) is 1. The highest BCUT2D eigenvalue weighted by Gasteiger charge is 2.55. The Kier molecular flexibility index (Phi) is 3.06. The number of carbonyl (C=O) groups is 2. The SMILES string of the molecule is COc1ccc2c(c1OC)C(=O)N1[C@@H](C(=O)[O-])CS(=O)(=O)[C@H]21. The maximum absolute atomic E-state index is 12.6. The summed E-state index contributed by atoms with van der Waals surface area (Å²) in [5.74, 6) is -2.62. The number of aliphatic carboxylic acids is 1. The smallest absolute Gasteiger partial charge is 0.260 e. The van der Waals surface area contributed by atoms with Crippen LogP contribution in [0.15, 0.2) is 12.1 Å². The van der Waals surface area contributed by atoms with Gasteiger partial charge in [-0.2, -0.15) is 0 Å². The molecule has 0 radical (unpaired) electrons. The lowest BCUT2D eigenvalue weighted by atomic mass is 10.1. The molecule has 0 N–H and O–H groups in total. The first-order valence-corrected chi connectivity index (χ1v) is 8.05. The van der Waals surface area contributed by atoms with Gasteiger partial charge in [0.25, 0.3) is 5.91 Å². The van der Waals surface area contributed by atoms with Gasteiger partial charge in [0.15, 0.2) is 26.7 Å². The molecule has 22 heavy (non-hydrogen) atoms. The van der Waals surface area contributed by atoms with Crippen molar-refractivity contribution < 1.29 is 32.6 Å². The molecular formula is C13H12NO7S-. The van der Waals surface area contributed by atoms with E-state index in [1.165, 1.54) is 26.4 Å². The Morgan fingerprint density at radius 1 is 1.32 bits per heavy atom. The first-order chi connectivity index (χ1) is 10.3. The van der Waals surface area contributed by atoms with Gasteiger partial charge in [-0.3, -0.25) is 4.79 Å². The number of fused-ring (bicyclic) bond motifs is 3. The Labute approximate surface area is 126 Å². The van der Waals surface area contributed by atoms with Gasteiger partial charge < -0.3 is 24.3 Å². The van der Waals surface area contributed by atoms with Gasteiger partial charge in [-0.25, -0.2) is 8.42 Å². The van der Waals surface area contributed by atoms with Crippen LogP contribution in [-0.4, -0.2) is 51.2 Å². The van der Waals surface area contributed by atoms with Crippen LogP contribution in [0.4, 0.5) is 0 Å². The largest absolute Gasteiger partial charge is 0.548 e. The van der Waals surface area contributed by atoms with E-state index in [0.29, 0.717) is 0 Å². The van der Waals surface area contributed by atoms with Crippen molar-refractivity contribution in [3.63, 3.8) is 0 Å². The first-order valence-electron chi connectivity index (χ1n) is 6.33. The third-order valence-corrected chi connectivity index (χ3v) is 5.82. The topological polar surface area (TPSA) is 113 Å². The van der Waals surface area contributed by atoms with Crippen LogP contribution in [-0.2, 0) is 14.6 Å². The quantitative estimate of drug-likeness (QED) is 0.678. The van der Waals surface area contributed by atoms with Crippen LogP contribution in [0, 0.1) is 0 Å². The van der Waals surface area contributed by atoms with Crippen molar-refractivity contribution in [2.75, 3.05) is 20.0 Å². The van der Waals surface area contributed by atoms with Crippen molar-refractivity contribution in [2.24, 2.45) is 0 Å². The fourth-order valence-electron chi connectivity index (χ4n) is 3.00. The second-order valence-corrected chi connectivity index (χ2v) is 7.10. The zero-order chi connectivity index (χ0) is 16.2. The minimum Gasteiger partial charge on any atom is -0.548 e. The van der Waals surface area contributed by atoms with Gasteiger partial charge in [0.2, 0.25) is 0 Å². The predicted octanol–water partition coefficient (Wildman–Crippen LogP) is -1.29. The molecule has 2 atom stereocenters. The van der Waals surface area contributed by atoms with Crippen molar-refractivity contribution in [2.45, 2.75) is 11.4 Å². The number of ether oxygens (including phenoxy) is 2. The first kappa shape index (κ1) is 14.6. The molecule has 3 rings (SSSR count). The number of benzene rings is 1. The highest BCUT2D eigenvalue weighted by molar-refractivity contribution is 7.92. The van der Waals surface area contributed by atoms with Gasteiger partial charge in [-0.1, -0.05) is 6.07 Å². The van der Waals surface area contributed by atoms with Crippen molar-refractivity contribution in [1.29, 1.82) is 0 Å². The lowest BCUT2D eigenvalue weighted by molar-refractivity contribution is -0.309. The number of nitrogens with zero attached hydrogens (tertiary/aromatic N) is 1. The molecule has 2 aliphatic heterocycles. The lowest BCUT2D eigenvalue weighted by Gasteiger charge is -2.22. The minimum atomic E-state index is -3.82. The number of carboxylic acids is 1. The van der Waals surface area contributed by atoms with Crippen LogP contribution in [0.3, 0.4) is 0 Å². The van der Waals surface area contributed by atoms with Crippen LogP contribution >= 0.6 is 0 Å². The van der Waals surface area contributed by atoms with E-state index in [9.17, 15) is 23.1 Å². The van der Waals surface area contributed by atoms with Gasteiger partial charge in [0, 0.05) is 5.56 Å². The van der Waals surface area contributed by atoms with E-state index in [1.54, 1.807) is 0 Å². The molecule has 118 valence electrons. The zero-order valence-corrected chi connectivity index (χ0v) is 12.5. The molecule has 0 aromatic heterocycles. The summed E-state index contributed by atoms with van der Waals surface area (Å²) >= 11 is 0. The molecule has 8 nitrogen and oxygen atoms in total. The van der Waals surface area contributed by atoms with E-state index in [0.717, 1.165) is 4.90 Å². The van der Waals surface area contributed by atoms with Crippen LogP contribution in [0.5, 0.6) is 11.5 Å². The fraction of sp³-hybridized carbons (Fsp3) is 0.385. The maximum atomic E-state index is 12.6. The van der Waals surface area contributed by atoms with Crippen LogP contribution in [0.2, 0.25) is 0 Å². The Bertz CT molecular complexity index is 786. The minimum absolute atomic E-state index is 0.0152. The standard InChI is InChI=1S/C13H13NO7S/c1-20-8-4-3-6-9(10(8)21-2)11(15)14-7(13(16)17)5-22(18,19)12(6)14/h3-4,7,12H,5H2,1-2H3,(H,16,17)/p-1/t7-,12-/m1/s1. The number of hydrogen-bond donors (Lipinski definition) is 0. The van der Waals surface area contributed by atoms with E-state index in [1.807, 2.05) is 0 Å². The summed E-state index contributed by atoms with van der Waals surface area (Å²) in [4.78, 5) is 24.6. The Hall–Kier alpha value is -2.29. The second kappa shape index (κ2) is 4.60. The van der Waals surface area contributed by atoms with Gasteiger partial charge in [-0.05, 0) is 6.07 Å². The van der Waals surface area contributed by atoms with Crippen molar-refractivity contribution >= 4 is 21.7 Å². The van der Waals surface area contributed by atoms with Gasteiger partial charge in [-0.15, -0.1) is 0 Å². The van der Waals surface area contributed by atoms with Gasteiger partial charge in [0.05, 0.1) is 37.5 Å².